The molecule has 1 atom stereocenters. The highest BCUT2D eigenvalue weighted by molar-refractivity contribution is 7.92. The number of rotatable bonds is 14. The number of benzene rings is 3. The van der Waals surface area contributed by atoms with E-state index in [-0.39, 0.29) is 34.8 Å². The number of carbonyl (C=O) groups excluding carboxylic acids is 2. The third-order valence-electron chi connectivity index (χ3n) is 7.88. The molecule has 1 aliphatic rings. The summed E-state index contributed by atoms with van der Waals surface area (Å²) in [6, 6.07) is 19.1. The summed E-state index contributed by atoms with van der Waals surface area (Å²) in [5, 5.41) is 3.12. The van der Waals surface area contributed by atoms with Gasteiger partial charge in [0.25, 0.3) is 10.0 Å². The first kappa shape index (κ1) is 32.7. The highest BCUT2D eigenvalue weighted by atomic mass is 32.2. The van der Waals surface area contributed by atoms with Crippen LogP contribution >= 0.6 is 0 Å². The largest absolute Gasteiger partial charge is 0.497 e. The fourth-order valence-electron chi connectivity index (χ4n) is 5.44. The summed E-state index contributed by atoms with van der Waals surface area (Å²) in [7, 11) is 0.244. The van der Waals surface area contributed by atoms with Gasteiger partial charge in [-0.15, -0.1) is 0 Å². The van der Waals surface area contributed by atoms with Crippen molar-refractivity contribution in [2.75, 3.05) is 32.2 Å². The van der Waals surface area contributed by atoms with Crippen molar-refractivity contribution in [1.29, 1.82) is 0 Å². The molecular weight excluding hydrogens is 582 g/mol. The summed E-state index contributed by atoms with van der Waals surface area (Å²) in [5.74, 6) is 0.657. The van der Waals surface area contributed by atoms with Gasteiger partial charge >= 0.3 is 0 Å². The minimum atomic E-state index is -4.26. The van der Waals surface area contributed by atoms with Gasteiger partial charge in [-0.2, -0.15) is 0 Å². The van der Waals surface area contributed by atoms with Gasteiger partial charge in [-0.1, -0.05) is 44.0 Å². The number of carbonyl (C=O) groups is 2. The Bertz CT molecular complexity index is 1510. The molecule has 0 aliphatic heterocycles. The molecule has 0 bridgehead atoms. The summed E-state index contributed by atoms with van der Waals surface area (Å²) in [4.78, 5) is 29.4. The van der Waals surface area contributed by atoms with Crippen LogP contribution in [0.2, 0.25) is 0 Å². The monoisotopic (exact) mass is 623 g/mol. The second-order valence-corrected chi connectivity index (χ2v) is 12.5. The number of nitrogens with zero attached hydrogens (tertiary/aromatic N) is 2. The SMILES string of the molecule is CC[C@@H](C(=O)NC1CCCC1)N(Cc1ccc(OC)cc1)C(=O)CN(c1ccccc1OC)S(=O)(=O)c1ccc(OC)cc1. The van der Waals surface area contributed by atoms with Crippen molar-refractivity contribution in [3.05, 3.63) is 78.4 Å². The number of anilines is 1. The van der Waals surface area contributed by atoms with Crippen molar-refractivity contribution in [3.8, 4) is 17.2 Å². The molecule has 0 spiro atoms. The van der Waals surface area contributed by atoms with Crippen LogP contribution in [-0.2, 0) is 26.2 Å². The lowest BCUT2D eigenvalue weighted by atomic mass is 10.1. The molecule has 1 N–H and O–H groups in total. The quantitative estimate of drug-likeness (QED) is 0.275. The zero-order chi connectivity index (χ0) is 31.7. The molecule has 3 aromatic carbocycles. The molecule has 236 valence electrons. The van der Waals surface area contributed by atoms with Crippen LogP contribution in [0.5, 0.6) is 17.2 Å². The molecule has 0 unspecified atom stereocenters. The van der Waals surface area contributed by atoms with E-state index in [4.69, 9.17) is 14.2 Å². The van der Waals surface area contributed by atoms with Gasteiger partial charge in [-0.25, -0.2) is 8.42 Å². The normalized spacial score (nSPS) is 14.0. The first-order chi connectivity index (χ1) is 21.2. The van der Waals surface area contributed by atoms with Crippen LogP contribution in [-0.4, -0.2) is 65.1 Å². The Labute approximate surface area is 260 Å². The maximum atomic E-state index is 14.3. The van der Waals surface area contributed by atoms with E-state index in [0.717, 1.165) is 35.6 Å². The van der Waals surface area contributed by atoms with Crippen LogP contribution in [0.4, 0.5) is 5.69 Å². The van der Waals surface area contributed by atoms with Crippen LogP contribution in [0.3, 0.4) is 0 Å². The summed E-state index contributed by atoms with van der Waals surface area (Å²) >= 11 is 0. The van der Waals surface area contributed by atoms with E-state index in [2.05, 4.69) is 5.32 Å². The van der Waals surface area contributed by atoms with Crippen molar-refractivity contribution < 1.29 is 32.2 Å². The highest BCUT2D eigenvalue weighted by Gasteiger charge is 2.35. The number of ether oxygens (including phenoxy) is 3. The molecule has 2 amide bonds. The Hall–Kier alpha value is -4.25. The van der Waals surface area contributed by atoms with Crippen LogP contribution in [0.15, 0.2) is 77.7 Å². The minimum Gasteiger partial charge on any atom is -0.497 e. The predicted octanol–water partition coefficient (Wildman–Crippen LogP) is 4.77. The molecule has 4 rings (SSSR count). The van der Waals surface area contributed by atoms with Crippen LogP contribution in [0.25, 0.3) is 0 Å². The Morgan fingerprint density at radius 2 is 1.45 bits per heavy atom. The molecule has 11 heteroatoms. The summed E-state index contributed by atoms with van der Waals surface area (Å²) in [6.45, 7) is 1.39. The van der Waals surface area contributed by atoms with E-state index in [9.17, 15) is 18.0 Å². The Kier molecular flexibility index (Phi) is 11.1. The second kappa shape index (κ2) is 15.0. The second-order valence-electron chi connectivity index (χ2n) is 10.6. The van der Waals surface area contributed by atoms with E-state index >= 15 is 0 Å². The van der Waals surface area contributed by atoms with Gasteiger partial charge in [-0.3, -0.25) is 13.9 Å². The fraction of sp³-hybridized carbons (Fsp3) is 0.394. The lowest BCUT2D eigenvalue weighted by Crippen LogP contribution is -2.53. The van der Waals surface area contributed by atoms with E-state index in [1.165, 1.54) is 31.3 Å². The molecule has 1 saturated carbocycles. The van der Waals surface area contributed by atoms with E-state index in [1.807, 2.05) is 19.1 Å². The standard InChI is InChI=1S/C33H41N3O7S/c1-5-29(33(38)34-25-10-6-7-11-25)35(22-24-14-16-26(41-2)17-15-24)32(37)23-36(30-12-8-9-13-31(30)43-4)44(39,40)28-20-18-27(42-3)19-21-28/h8-9,12-21,25,29H,5-7,10-11,22-23H2,1-4H3,(H,34,38)/t29-/m0/s1. The number of amides is 2. The van der Waals surface area contributed by atoms with Gasteiger partial charge in [0, 0.05) is 12.6 Å². The maximum Gasteiger partial charge on any atom is 0.264 e. The molecule has 0 heterocycles. The number of sulfonamides is 1. The van der Waals surface area contributed by atoms with Gasteiger partial charge in [0.1, 0.15) is 29.8 Å². The summed E-state index contributed by atoms with van der Waals surface area (Å²) < 4.78 is 45.3. The van der Waals surface area contributed by atoms with E-state index < -0.39 is 28.5 Å². The molecule has 1 fully saturated rings. The Balaban J connectivity index is 1.74. The van der Waals surface area contributed by atoms with Crippen LogP contribution < -0.4 is 23.8 Å². The number of para-hydroxylation sites is 2. The van der Waals surface area contributed by atoms with Gasteiger partial charge in [-0.05, 0) is 73.4 Å². The summed E-state index contributed by atoms with van der Waals surface area (Å²) in [5.41, 5.74) is 0.972. The topological polar surface area (TPSA) is 114 Å². The fourth-order valence-corrected chi connectivity index (χ4v) is 6.86. The van der Waals surface area contributed by atoms with Gasteiger partial charge in [0.05, 0.1) is 31.9 Å². The van der Waals surface area contributed by atoms with Crippen molar-refractivity contribution in [2.45, 2.75) is 62.6 Å². The maximum absolute atomic E-state index is 14.3. The lowest BCUT2D eigenvalue weighted by Gasteiger charge is -2.34. The van der Waals surface area contributed by atoms with Crippen molar-refractivity contribution >= 4 is 27.5 Å². The van der Waals surface area contributed by atoms with Crippen molar-refractivity contribution in [1.82, 2.24) is 10.2 Å². The zero-order valence-corrected chi connectivity index (χ0v) is 26.5. The van der Waals surface area contributed by atoms with Gasteiger partial charge < -0.3 is 24.4 Å². The number of hydrogen-bond donors (Lipinski definition) is 1. The van der Waals surface area contributed by atoms with Crippen LogP contribution in [0.1, 0.15) is 44.6 Å². The van der Waals surface area contributed by atoms with E-state index in [1.54, 1.807) is 55.6 Å². The summed E-state index contributed by atoms with van der Waals surface area (Å²) in [6.07, 6.45) is 4.24. The Morgan fingerprint density at radius 1 is 0.864 bits per heavy atom. The third-order valence-corrected chi connectivity index (χ3v) is 9.65. The van der Waals surface area contributed by atoms with E-state index in [0.29, 0.717) is 17.9 Å². The molecular formula is C33H41N3O7S. The minimum absolute atomic E-state index is 0.0234. The molecule has 10 nitrogen and oxygen atoms in total. The molecule has 0 saturated heterocycles. The smallest absolute Gasteiger partial charge is 0.264 e. The highest BCUT2D eigenvalue weighted by Crippen LogP contribution is 2.33. The van der Waals surface area contributed by atoms with Crippen LogP contribution in [0, 0.1) is 0 Å². The first-order valence-corrected chi connectivity index (χ1v) is 16.2. The van der Waals surface area contributed by atoms with Gasteiger partial charge in [0.2, 0.25) is 11.8 Å². The number of hydrogen-bond acceptors (Lipinski definition) is 7. The molecule has 1 aliphatic carbocycles. The molecule has 0 radical (unpaired) electrons. The number of nitrogens with one attached hydrogen (secondary N) is 1. The predicted molar refractivity (Wildman–Crippen MR) is 169 cm³/mol. The lowest BCUT2D eigenvalue weighted by molar-refractivity contribution is -0.140. The zero-order valence-electron chi connectivity index (χ0n) is 25.7. The Morgan fingerprint density at radius 3 is 2.02 bits per heavy atom. The van der Waals surface area contributed by atoms with Crippen molar-refractivity contribution in [3.63, 3.8) is 0 Å². The average Bonchev–Trinajstić information content (AvgIpc) is 3.56. The third kappa shape index (κ3) is 7.63. The average molecular weight is 624 g/mol. The van der Waals surface area contributed by atoms with Crippen molar-refractivity contribution in [2.24, 2.45) is 0 Å². The molecule has 3 aromatic rings. The van der Waals surface area contributed by atoms with Gasteiger partial charge in [0.15, 0.2) is 0 Å². The molecule has 44 heavy (non-hydrogen) atoms. The molecule has 0 aromatic heterocycles. The number of methoxy groups -OCH3 is 3. The first-order valence-electron chi connectivity index (χ1n) is 14.7.